The first-order chi connectivity index (χ1) is 24.6. The van der Waals surface area contributed by atoms with E-state index >= 15 is 0 Å². The topological polar surface area (TPSA) is 95.2 Å². The molecule has 0 amide bonds. The van der Waals surface area contributed by atoms with E-state index in [2.05, 4.69) is 48.5 Å². The van der Waals surface area contributed by atoms with Gasteiger partial charge in [0.05, 0.1) is 46.5 Å². The van der Waals surface area contributed by atoms with Gasteiger partial charge in [-0.05, 0) is 104 Å². The van der Waals surface area contributed by atoms with Crippen molar-refractivity contribution in [1.29, 1.82) is 21.0 Å². The van der Waals surface area contributed by atoms with Crippen molar-refractivity contribution in [2.24, 2.45) is 0 Å². The molecule has 0 saturated heterocycles. The summed E-state index contributed by atoms with van der Waals surface area (Å²) in [6.07, 6.45) is 0. The average Bonchev–Trinajstić information content (AvgIpc) is 3.20. The third kappa shape index (κ3) is 5.68. The molecule has 0 fully saturated rings. The summed E-state index contributed by atoms with van der Waals surface area (Å²) in [5, 5.41) is 39.7. The molecule has 0 aliphatic rings. The zero-order valence-corrected chi connectivity index (χ0v) is 26.8. The lowest BCUT2D eigenvalue weighted by molar-refractivity contribution is 1.45. The Morgan fingerprint density at radius 2 is 0.560 bits per heavy atom. The van der Waals surface area contributed by atoms with Gasteiger partial charge < -0.3 is 0 Å². The molecule has 0 spiro atoms. The number of hydrogen-bond acceptors (Lipinski definition) is 4. The van der Waals surface area contributed by atoms with E-state index in [1.54, 1.807) is 0 Å². The molecule has 0 N–H and O–H groups in total. The summed E-state index contributed by atoms with van der Waals surface area (Å²) in [7, 11) is 0. The molecule has 0 aromatic heterocycles. The van der Waals surface area contributed by atoms with Crippen LogP contribution >= 0.6 is 0 Å². The van der Waals surface area contributed by atoms with Gasteiger partial charge in [-0.15, -0.1) is 0 Å². The van der Waals surface area contributed by atoms with Gasteiger partial charge in [0.15, 0.2) is 0 Å². The molecule has 0 heterocycles. The lowest BCUT2D eigenvalue weighted by Gasteiger charge is -2.29. The predicted molar refractivity (Wildman–Crippen MR) is 198 cm³/mol. The van der Waals surface area contributed by atoms with Crippen LogP contribution in [0.1, 0.15) is 22.3 Å². The molecule has 0 unspecified atom stereocenters. The Balaban J connectivity index is 1.83. The minimum absolute atomic E-state index is 0.524. The van der Waals surface area contributed by atoms with Crippen LogP contribution in [0.15, 0.2) is 158 Å². The Morgan fingerprint density at radius 1 is 0.260 bits per heavy atom. The summed E-state index contributed by atoms with van der Waals surface area (Å²) in [5.74, 6) is 0. The molecule has 7 rings (SSSR count). The maximum Gasteiger partial charge on any atom is 0.0998 e. The van der Waals surface area contributed by atoms with Crippen LogP contribution in [0.25, 0.3) is 66.8 Å². The van der Waals surface area contributed by atoms with Crippen LogP contribution in [0.4, 0.5) is 0 Å². The summed E-state index contributed by atoms with van der Waals surface area (Å²) in [5.41, 5.74) is 13.0. The fourth-order valence-corrected chi connectivity index (χ4v) is 6.61. The van der Waals surface area contributed by atoms with Crippen molar-refractivity contribution in [2.45, 2.75) is 0 Å². The molecule has 4 nitrogen and oxygen atoms in total. The fourth-order valence-electron chi connectivity index (χ4n) is 6.61. The van der Waals surface area contributed by atoms with Gasteiger partial charge in [-0.25, -0.2) is 0 Å². The van der Waals surface area contributed by atoms with Gasteiger partial charge in [0.1, 0.15) is 0 Å². The lowest BCUT2D eigenvalue weighted by Crippen LogP contribution is -2.03. The quantitative estimate of drug-likeness (QED) is 0.182. The van der Waals surface area contributed by atoms with Gasteiger partial charge in [-0.3, -0.25) is 0 Å². The minimum Gasteiger partial charge on any atom is -0.192 e. The molecule has 7 aromatic rings. The van der Waals surface area contributed by atoms with Crippen molar-refractivity contribution in [3.05, 3.63) is 180 Å². The van der Waals surface area contributed by atoms with Crippen molar-refractivity contribution < 1.29 is 0 Å². The minimum atomic E-state index is 0.524. The molecule has 230 valence electrons. The molecule has 7 aromatic carbocycles. The van der Waals surface area contributed by atoms with Crippen molar-refractivity contribution in [3.63, 3.8) is 0 Å². The van der Waals surface area contributed by atoms with Crippen molar-refractivity contribution in [1.82, 2.24) is 0 Å². The number of nitrogens with zero attached hydrogens (tertiary/aromatic N) is 4. The highest BCUT2D eigenvalue weighted by molar-refractivity contribution is 6.15. The van der Waals surface area contributed by atoms with Gasteiger partial charge in [0.2, 0.25) is 0 Å². The third-order valence-electron chi connectivity index (χ3n) is 8.85. The van der Waals surface area contributed by atoms with Crippen LogP contribution in [0, 0.1) is 45.3 Å². The van der Waals surface area contributed by atoms with E-state index in [1.165, 1.54) is 0 Å². The monoisotopic (exact) mass is 634 g/mol. The van der Waals surface area contributed by atoms with E-state index in [-0.39, 0.29) is 0 Å². The fraction of sp³-hybridized carbons (Fsp3) is 0. The standard InChI is InChI=1S/C46H26N4/c47-27-31-15-21-36(22-16-31)42-41(34-9-3-1-4-10-34)45(38-25-19-33(29-49)20-26-38)46(40-14-8-7-13-39(40)30-50)44(35-11-5-2-6-12-35)43(42)37-23-17-32(28-48)18-24-37/h1-26H. The summed E-state index contributed by atoms with van der Waals surface area (Å²) in [4.78, 5) is 0. The maximum atomic E-state index is 10.5. The van der Waals surface area contributed by atoms with Crippen molar-refractivity contribution >= 4 is 0 Å². The van der Waals surface area contributed by atoms with E-state index in [1.807, 2.05) is 133 Å². The Kier molecular flexibility index (Phi) is 8.52. The number of nitriles is 4. The van der Waals surface area contributed by atoms with Crippen LogP contribution in [-0.4, -0.2) is 0 Å². The lowest BCUT2D eigenvalue weighted by atomic mass is 9.73. The zero-order valence-electron chi connectivity index (χ0n) is 26.8. The first kappa shape index (κ1) is 31.1. The van der Waals surface area contributed by atoms with E-state index in [4.69, 9.17) is 0 Å². The first-order valence-electron chi connectivity index (χ1n) is 16.0. The molecule has 0 radical (unpaired) electrons. The summed E-state index contributed by atoms with van der Waals surface area (Å²) >= 11 is 0. The molecular weight excluding hydrogens is 609 g/mol. The van der Waals surface area contributed by atoms with Gasteiger partial charge in [-0.1, -0.05) is 115 Å². The molecule has 0 aliphatic carbocycles. The van der Waals surface area contributed by atoms with E-state index in [9.17, 15) is 21.0 Å². The molecule has 0 saturated carbocycles. The van der Waals surface area contributed by atoms with Crippen molar-refractivity contribution in [3.8, 4) is 91.0 Å². The molecule has 0 aliphatic heterocycles. The first-order valence-corrected chi connectivity index (χ1v) is 16.0. The highest BCUT2D eigenvalue weighted by atomic mass is 14.3. The largest absolute Gasteiger partial charge is 0.192 e. The van der Waals surface area contributed by atoms with Crippen LogP contribution in [-0.2, 0) is 0 Å². The molecule has 50 heavy (non-hydrogen) atoms. The normalized spacial score (nSPS) is 10.3. The average molecular weight is 635 g/mol. The second-order valence-electron chi connectivity index (χ2n) is 11.7. The Bertz CT molecular complexity index is 2520. The smallest absolute Gasteiger partial charge is 0.0998 e. The highest BCUT2D eigenvalue weighted by Crippen LogP contribution is 2.56. The zero-order chi connectivity index (χ0) is 34.5. The van der Waals surface area contributed by atoms with E-state index in [0.29, 0.717) is 22.3 Å². The van der Waals surface area contributed by atoms with E-state index < -0.39 is 0 Å². The summed E-state index contributed by atoms with van der Waals surface area (Å²) < 4.78 is 0. The number of benzene rings is 7. The maximum absolute atomic E-state index is 10.5. The van der Waals surface area contributed by atoms with Gasteiger partial charge >= 0.3 is 0 Å². The van der Waals surface area contributed by atoms with E-state index in [0.717, 1.165) is 66.8 Å². The summed E-state index contributed by atoms with van der Waals surface area (Å²) in [6, 6.07) is 60.0. The van der Waals surface area contributed by atoms with Crippen molar-refractivity contribution in [2.75, 3.05) is 0 Å². The second kappa shape index (κ2) is 13.7. The van der Waals surface area contributed by atoms with Crippen LogP contribution < -0.4 is 0 Å². The molecule has 4 heteroatoms. The predicted octanol–water partition coefficient (Wildman–Crippen LogP) is 11.2. The Labute approximate surface area is 291 Å². The molecule has 0 bridgehead atoms. The van der Waals surface area contributed by atoms with Crippen LogP contribution in [0.3, 0.4) is 0 Å². The highest BCUT2D eigenvalue weighted by Gasteiger charge is 2.30. The Hall–Kier alpha value is -7.50. The third-order valence-corrected chi connectivity index (χ3v) is 8.85. The molecular formula is C46H26N4. The van der Waals surface area contributed by atoms with Gasteiger partial charge in [-0.2, -0.15) is 21.0 Å². The Morgan fingerprint density at radius 3 is 0.900 bits per heavy atom. The van der Waals surface area contributed by atoms with Crippen LogP contribution in [0.5, 0.6) is 0 Å². The number of rotatable bonds is 6. The second-order valence-corrected chi connectivity index (χ2v) is 11.7. The van der Waals surface area contributed by atoms with Crippen LogP contribution in [0.2, 0.25) is 0 Å². The number of hydrogen-bond donors (Lipinski definition) is 0. The molecule has 0 atom stereocenters. The SMILES string of the molecule is N#Cc1ccc(-c2c(-c3ccc(C#N)cc3)c(-c3ccccc3)c(-c3ccccc3C#N)c(-c3ccc(C#N)cc3)c2-c2ccccc2)cc1. The van der Waals surface area contributed by atoms with Gasteiger partial charge in [0.25, 0.3) is 0 Å². The van der Waals surface area contributed by atoms with Gasteiger partial charge in [0, 0.05) is 5.56 Å². The summed E-state index contributed by atoms with van der Waals surface area (Å²) in [6.45, 7) is 0.